The smallest absolute Gasteiger partial charge is 0.248 e. The minimum atomic E-state index is 0.000131. The third-order valence-corrected chi connectivity index (χ3v) is 4.24. The maximum atomic E-state index is 12.0. The summed E-state index contributed by atoms with van der Waals surface area (Å²) >= 11 is 0. The third kappa shape index (κ3) is 3.02. The van der Waals surface area contributed by atoms with Crippen molar-refractivity contribution in [1.82, 2.24) is 4.98 Å². The lowest BCUT2D eigenvalue weighted by Crippen LogP contribution is -2.14. The van der Waals surface area contributed by atoms with Gasteiger partial charge in [-0.3, -0.25) is 4.79 Å². The molecule has 3 rings (SSSR count). The van der Waals surface area contributed by atoms with Gasteiger partial charge in [-0.1, -0.05) is 25.0 Å². The highest BCUT2D eigenvalue weighted by molar-refractivity contribution is 5.68. The number of H-pyrrole nitrogens is 1. The monoisotopic (exact) mass is 283 g/mol. The van der Waals surface area contributed by atoms with E-state index in [2.05, 4.69) is 4.98 Å². The van der Waals surface area contributed by atoms with Gasteiger partial charge >= 0.3 is 0 Å². The lowest BCUT2D eigenvalue weighted by Gasteiger charge is -2.17. The predicted octanol–water partition coefficient (Wildman–Crippen LogP) is 3.71. The van der Waals surface area contributed by atoms with E-state index in [0.29, 0.717) is 0 Å². The second-order valence-electron chi connectivity index (χ2n) is 5.65. The van der Waals surface area contributed by atoms with Crippen LogP contribution in [0, 0.1) is 0 Å². The molecule has 21 heavy (non-hydrogen) atoms. The minimum absolute atomic E-state index is 0.000131. The van der Waals surface area contributed by atoms with E-state index in [9.17, 15) is 4.79 Å². The molecule has 0 unspecified atom stereocenters. The normalized spacial score (nSPS) is 14.9. The molecule has 3 heteroatoms. The molecule has 0 bridgehead atoms. The van der Waals surface area contributed by atoms with Crippen molar-refractivity contribution in [3.8, 4) is 16.9 Å². The van der Waals surface area contributed by atoms with Crippen LogP contribution in [0.2, 0.25) is 0 Å². The molecular weight excluding hydrogens is 262 g/mol. The Morgan fingerprint density at radius 3 is 2.43 bits per heavy atom. The highest BCUT2D eigenvalue weighted by Crippen LogP contribution is 2.29. The van der Waals surface area contributed by atoms with E-state index < -0.39 is 0 Å². The zero-order valence-corrected chi connectivity index (χ0v) is 12.4. The maximum Gasteiger partial charge on any atom is 0.248 e. The number of methoxy groups -OCH3 is 1. The molecule has 0 aliphatic heterocycles. The van der Waals surface area contributed by atoms with Crippen LogP contribution in [0.15, 0.2) is 35.1 Å². The van der Waals surface area contributed by atoms with Gasteiger partial charge in [0.2, 0.25) is 5.56 Å². The average molecular weight is 283 g/mol. The molecule has 1 aromatic carbocycles. The first kappa shape index (κ1) is 13.9. The molecule has 0 radical (unpaired) electrons. The molecule has 110 valence electrons. The number of aromatic nitrogens is 1. The zero-order valence-electron chi connectivity index (χ0n) is 12.4. The number of fused-ring (bicyclic) bond motifs is 1. The number of pyridine rings is 1. The fourth-order valence-corrected chi connectivity index (χ4v) is 3.13. The Labute approximate surface area is 125 Å². The van der Waals surface area contributed by atoms with Crippen LogP contribution < -0.4 is 10.3 Å². The van der Waals surface area contributed by atoms with Crippen LogP contribution in [-0.4, -0.2) is 12.1 Å². The van der Waals surface area contributed by atoms with Gasteiger partial charge in [0.1, 0.15) is 5.75 Å². The topological polar surface area (TPSA) is 42.1 Å². The molecule has 1 aromatic heterocycles. The second-order valence-corrected chi connectivity index (χ2v) is 5.65. The van der Waals surface area contributed by atoms with Crippen LogP contribution in [-0.2, 0) is 12.8 Å². The molecule has 3 nitrogen and oxygen atoms in total. The van der Waals surface area contributed by atoms with Crippen molar-refractivity contribution >= 4 is 0 Å². The molecular formula is C18H21NO2. The fourth-order valence-electron chi connectivity index (χ4n) is 3.13. The van der Waals surface area contributed by atoms with Crippen molar-refractivity contribution in [2.45, 2.75) is 38.5 Å². The van der Waals surface area contributed by atoms with Crippen LogP contribution in [0.5, 0.6) is 5.75 Å². The molecule has 0 spiro atoms. The van der Waals surface area contributed by atoms with E-state index in [1.165, 1.54) is 24.8 Å². The number of aromatic amines is 1. The van der Waals surface area contributed by atoms with Gasteiger partial charge < -0.3 is 9.72 Å². The fraction of sp³-hybridized carbons (Fsp3) is 0.389. The van der Waals surface area contributed by atoms with E-state index in [1.54, 1.807) is 13.2 Å². The SMILES string of the molecule is COc1ccc(-c2cc(=O)[nH]c3c2CCCCCC3)cc1. The quantitative estimate of drug-likeness (QED) is 0.913. The highest BCUT2D eigenvalue weighted by Gasteiger charge is 2.14. The van der Waals surface area contributed by atoms with Gasteiger partial charge in [-0.25, -0.2) is 0 Å². The molecule has 1 heterocycles. The Morgan fingerprint density at radius 1 is 1.00 bits per heavy atom. The number of ether oxygens (including phenoxy) is 1. The lowest BCUT2D eigenvalue weighted by molar-refractivity contribution is 0.415. The Morgan fingerprint density at radius 2 is 1.71 bits per heavy atom. The molecule has 0 amide bonds. The van der Waals surface area contributed by atoms with Crippen molar-refractivity contribution < 1.29 is 4.74 Å². The predicted molar refractivity (Wildman–Crippen MR) is 84.9 cm³/mol. The number of hydrogen-bond acceptors (Lipinski definition) is 2. The maximum absolute atomic E-state index is 12.0. The molecule has 0 fully saturated rings. The van der Waals surface area contributed by atoms with Crippen molar-refractivity contribution in [2.75, 3.05) is 7.11 Å². The molecule has 2 aromatic rings. The minimum Gasteiger partial charge on any atom is -0.497 e. The number of rotatable bonds is 2. The zero-order chi connectivity index (χ0) is 14.7. The highest BCUT2D eigenvalue weighted by atomic mass is 16.5. The van der Waals surface area contributed by atoms with Crippen LogP contribution >= 0.6 is 0 Å². The van der Waals surface area contributed by atoms with Gasteiger partial charge in [0.05, 0.1) is 7.11 Å². The van der Waals surface area contributed by atoms with Crippen LogP contribution in [0.3, 0.4) is 0 Å². The number of aryl methyl sites for hydroxylation is 1. The van der Waals surface area contributed by atoms with Crippen molar-refractivity contribution in [3.63, 3.8) is 0 Å². The summed E-state index contributed by atoms with van der Waals surface area (Å²) in [5.41, 5.74) is 4.63. The average Bonchev–Trinajstić information content (AvgIpc) is 2.48. The van der Waals surface area contributed by atoms with Crippen LogP contribution in [0.1, 0.15) is 36.9 Å². The van der Waals surface area contributed by atoms with Crippen molar-refractivity contribution in [2.24, 2.45) is 0 Å². The Bertz CT molecular complexity index is 671. The first-order valence-corrected chi connectivity index (χ1v) is 7.67. The molecule has 1 aliphatic carbocycles. The third-order valence-electron chi connectivity index (χ3n) is 4.24. The van der Waals surface area contributed by atoms with Gasteiger partial charge in [-0.2, -0.15) is 0 Å². The number of nitrogens with one attached hydrogen (secondary N) is 1. The summed E-state index contributed by atoms with van der Waals surface area (Å²) < 4.78 is 5.21. The molecule has 1 N–H and O–H groups in total. The first-order valence-electron chi connectivity index (χ1n) is 7.67. The summed E-state index contributed by atoms with van der Waals surface area (Å²) in [6, 6.07) is 9.71. The summed E-state index contributed by atoms with van der Waals surface area (Å²) in [5.74, 6) is 0.839. The molecule has 1 aliphatic rings. The lowest BCUT2D eigenvalue weighted by atomic mass is 9.91. The van der Waals surface area contributed by atoms with Gasteiger partial charge in [0.15, 0.2) is 0 Å². The summed E-state index contributed by atoms with van der Waals surface area (Å²) in [6.07, 6.45) is 6.92. The summed E-state index contributed by atoms with van der Waals surface area (Å²) in [4.78, 5) is 15.0. The summed E-state index contributed by atoms with van der Waals surface area (Å²) in [6.45, 7) is 0. The molecule has 0 saturated carbocycles. The van der Waals surface area contributed by atoms with Crippen molar-refractivity contribution in [1.29, 1.82) is 0 Å². The standard InChI is InChI=1S/C18H21NO2/c1-21-14-10-8-13(9-11-14)16-12-18(20)19-17-7-5-3-2-4-6-15(16)17/h8-12H,2-7H2,1H3,(H,19,20). The molecule has 0 atom stereocenters. The van der Waals surface area contributed by atoms with Gasteiger partial charge in [0, 0.05) is 11.8 Å². The largest absolute Gasteiger partial charge is 0.497 e. The van der Waals surface area contributed by atoms with Crippen LogP contribution in [0.25, 0.3) is 11.1 Å². The van der Waals surface area contributed by atoms with E-state index >= 15 is 0 Å². The van der Waals surface area contributed by atoms with Gasteiger partial charge in [0.25, 0.3) is 0 Å². The Balaban J connectivity index is 2.09. The van der Waals surface area contributed by atoms with Crippen molar-refractivity contribution in [3.05, 3.63) is 51.9 Å². The van der Waals surface area contributed by atoms with Crippen LogP contribution in [0.4, 0.5) is 0 Å². The van der Waals surface area contributed by atoms with E-state index in [1.807, 2.05) is 24.3 Å². The Kier molecular flexibility index (Phi) is 4.09. The number of hydrogen-bond donors (Lipinski definition) is 1. The van der Waals surface area contributed by atoms with E-state index in [4.69, 9.17) is 4.74 Å². The van der Waals surface area contributed by atoms with Gasteiger partial charge in [-0.05, 0) is 54.5 Å². The molecule has 0 saturated heterocycles. The van der Waals surface area contributed by atoms with E-state index in [0.717, 1.165) is 41.8 Å². The first-order chi connectivity index (χ1) is 10.3. The van der Waals surface area contributed by atoms with Gasteiger partial charge in [-0.15, -0.1) is 0 Å². The second kappa shape index (κ2) is 6.17. The van der Waals surface area contributed by atoms with E-state index in [-0.39, 0.29) is 5.56 Å². The number of benzene rings is 1. The summed E-state index contributed by atoms with van der Waals surface area (Å²) in [7, 11) is 1.66. The summed E-state index contributed by atoms with van der Waals surface area (Å²) in [5, 5.41) is 0. The Hall–Kier alpha value is -2.03.